The third-order valence-corrected chi connectivity index (χ3v) is 2.20. The van der Waals surface area contributed by atoms with E-state index in [0.29, 0.717) is 18.8 Å². The van der Waals surface area contributed by atoms with Gasteiger partial charge in [-0.15, -0.1) is 0 Å². The SMILES string of the molecule is CNC(=O)CCN(C)c1cnc(C(=O)O)cn1. The third kappa shape index (κ3) is 3.71. The lowest BCUT2D eigenvalue weighted by molar-refractivity contribution is -0.120. The molecule has 0 aliphatic rings. The topological polar surface area (TPSA) is 95.4 Å². The first kappa shape index (κ1) is 12.9. The van der Waals surface area contributed by atoms with Crippen LogP contribution in [0.1, 0.15) is 16.9 Å². The quantitative estimate of drug-likeness (QED) is 0.734. The van der Waals surface area contributed by atoms with Gasteiger partial charge in [0.25, 0.3) is 0 Å². The number of amides is 1. The van der Waals surface area contributed by atoms with E-state index in [-0.39, 0.29) is 11.6 Å². The highest BCUT2D eigenvalue weighted by Crippen LogP contribution is 2.07. The van der Waals surface area contributed by atoms with Crippen LogP contribution in [-0.2, 0) is 4.79 Å². The Kier molecular flexibility index (Phi) is 4.38. The van der Waals surface area contributed by atoms with Crippen molar-refractivity contribution in [3.63, 3.8) is 0 Å². The Bertz CT molecular complexity index is 405. The molecule has 0 saturated heterocycles. The van der Waals surface area contributed by atoms with Crippen LogP contribution in [0, 0.1) is 0 Å². The van der Waals surface area contributed by atoms with Crippen LogP contribution in [0.3, 0.4) is 0 Å². The molecule has 0 spiro atoms. The number of hydrogen-bond acceptors (Lipinski definition) is 5. The number of carbonyl (C=O) groups is 2. The van der Waals surface area contributed by atoms with Crippen molar-refractivity contribution in [3.8, 4) is 0 Å². The average molecular weight is 238 g/mol. The zero-order valence-corrected chi connectivity index (χ0v) is 9.67. The summed E-state index contributed by atoms with van der Waals surface area (Å²) < 4.78 is 0. The second-order valence-corrected chi connectivity index (χ2v) is 3.41. The van der Waals surface area contributed by atoms with Gasteiger partial charge in [0.1, 0.15) is 5.82 Å². The number of anilines is 1. The van der Waals surface area contributed by atoms with Gasteiger partial charge < -0.3 is 15.3 Å². The second kappa shape index (κ2) is 5.78. The number of nitrogens with one attached hydrogen (secondary N) is 1. The van der Waals surface area contributed by atoms with Crippen LogP contribution in [0.15, 0.2) is 12.4 Å². The van der Waals surface area contributed by atoms with E-state index in [2.05, 4.69) is 15.3 Å². The highest BCUT2D eigenvalue weighted by atomic mass is 16.4. The minimum absolute atomic E-state index is 0.0630. The smallest absolute Gasteiger partial charge is 0.356 e. The summed E-state index contributed by atoms with van der Waals surface area (Å²) in [6.07, 6.45) is 2.90. The van der Waals surface area contributed by atoms with Crippen LogP contribution < -0.4 is 10.2 Å². The van der Waals surface area contributed by atoms with Gasteiger partial charge in [0, 0.05) is 27.1 Å². The van der Waals surface area contributed by atoms with Crippen molar-refractivity contribution in [2.45, 2.75) is 6.42 Å². The van der Waals surface area contributed by atoms with Crippen LogP contribution in [0.2, 0.25) is 0 Å². The molecule has 1 heterocycles. The Morgan fingerprint density at radius 2 is 2.12 bits per heavy atom. The van der Waals surface area contributed by atoms with Crippen LogP contribution in [0.4, 0.5) is 5.82 Å². The molecule has 1 amide bonds. The summed E-state index contributed by atoms with van der Waals surface area (Å²) in [6, 6.07) is 0. The lowest BCUT2D eigenvalue weighted by atomic mass is 10.3. The number of hydrogen-bond donors (Lipinski definition) is 2. The molecule has 1 aromatic rings. The van der Waals surface area contributed by atoms with Gasteiger partial charge in [0.2, 0.25) is 5.91 Å². The van der Waals surface area contributed by atoms with E-state index >= 15 is 0 Å². The number of nitrogens with zero attached hydrogens (tertiary/aromatic N) is 3. The Hall–Kier alpha value is -2.18. The summed E-state index contributed by atoms with van der Waals surface area (Å²) in [5.74, 6) is -0.650. The highest BCUT2D eigenvalue weighted by molar-refractivity contribution is 5.84. The second-order valence-electron chi connectivity index (χ2n) is 3.41. The molecule has 1 aromatic heterocycles. The van der Waals surface area contributed by atoms with Gasteiger partial charge in [-0.05, 0) is 0 Å². The molecule has 92 valence electrons. The zero-order chi connectivity index (χ0) is 12.8. The molecule has 0 aromatic carbocycles. The van der Waals surface area contributed by atoms with E-state index in [1.807, 2.05) is 0 Å². The number of carboxylic acids is 1. The van der Waals surface area contributed by atoms with E-state index < -0.39 is 5.97 Å². The molecule has 7 heteroatoms. The predicted octanol–water partition coefficient (Wildman–Crippen LogP) is -0.253. The molecular weight excluding hydrogens is 224 g/mol. The van der Waals surface area contributed by atoms with Crippen molar-refractivity contribution in [2.75, 3.05) is 25.5 Å². The van der Waals surface area contributed by atoms with Gasteiger partial charge >= 0.3 is 5.97 Å². The molecule has 0 bridgehead atoms. The van der Waals surface area contributed by atoms with Crippen molar-refractivity contribution in [3.05, 3.63) is 18.1 Å². The van der Waals surface area contributed by atoms with Crippen molar-refractivity contribution >= 4 is 17.7 Å². The van der Waals surface area contributed by atoms with Crippen LogP contribution in [-0.4, -0.2) is 47.6 Å². The van der Waals surface area contributed by atoms with E-state index in [0.717, 1.165) is 0 Å². The van der Waals surface area contributed by atoms with Gasteiger partial charge in [-0.1, -0.05) is 0 Å². The van der Waals surface area contributed by atoms with Gasteiger partial charge in [-0.25, -0.2) is 14.8 Å². The number of carboxylic acid groups (broad SMARTS) is 1. The van der Waals surface area contributed by atoms with Crippen LogP contribution >= 0.6 is 0 Å². The zero-order valence-electron chi connectivity index (χ0n) is 9.67. The summed E-state index contributed by atoms with van der Waals surface area (Å²) >= 11 is 0. The fourth-order valence-electron chi connectivity index (χ4n) is 1.14. The third-order valence-electron chi connectivity index (χ3n) is 2.20. The summed E-state index contributed by atoms with van der Waals surface area (Å²) in [5, 5.41) is 11.2. The number of rotatable bonds is 5. The van der Waals surface area contributed by atoms with E-state index in [1.54, 1.807) is 19.0 Å². The average Bonchev–Trinajstić information content (AvgIpc) is 2.35. The Morgan fingerprint density at radius 3 is 2.59 bits per heavy atom. The predicted molar refractivity (Wildman–Crippen MR) is 60.9 cm³/mol. The van der Waals surface area contributed by atoms with Crippen LogP contribution in [0.5, 0.6) is 0 Å². The highest BCUT2D eigenvalue weighted by Gasteiger charge is 2.08. The molecule has 7 nitrogen and oxygen atoms in total. The largest absolute Gasteiger partial charge is 0.476 e. The molecule has 0 saturated carbocycles. The first-order chi connectivity index (χ1) is 8.04. The van der Waals surface area contributed by atoms with E-state index in [4.69, 9.17) is 5.11 Å². The Labute approximate surface area is 98.5 Å². The first-order valence-electron chi connectivity index (χ1n) is 5.01. The first-order valence-corrected chi connectivity index (χ1v) is 5.01. The Morgan fingerprint density at radius 1 is 1.41 bits per heavy atom. The fourth-order valence-corrected chi connectivity index (χ4v) is 1.14. The van der Waals surface area contributed by atoms with E-state index in [9.17, 15) is 9.59 Å². The maximum Gasteiger partial charge on any atom is 0.356 e. The van der Waals surface area contributed by atoms with Gasteiger partial charge in [0.15, 0.2) is 5.69 Å². The van der Waals surface area contributed by atoms with Crippen molar-refractivity contribution < 1.29 is 14.7 Å². The summed E-state index contributed by atoms with van der Waals surface area (Å²) in [5.41, 5.74) is -0.103. The van der Waals surface area contributed by atoms with Gasteiger partial charge in [-0.3, -0.25) is 4.79 Å². The molecular formula is C10H14N4O3. The summed E-state index contributed by atoms with van der Waals surface area (Å²) in [4.78, 5) is 31.0. The number of aromatic nitrogens is 2. The van der Waals surface area contributed by atoms with Crippen molar-refractivity contribution in [1.29, 1.82) is 0 Å². The molecule has 0 fully saturated rings. The lowest BCUT2D eigenvalue weighted by Crippen LogP contribution is -2.27. The monoisotopic (exact) mass is 238 g/mol. The Balaban J connectivity index is 2.60. The molecule has 0 aliphatic carbocycles. The minimum Gasteiger partial charge on any atom is -0.476 e. The van der Waals surface area contributed by atoms with E-state index in [1.165, 1.54) is 12.4 Å². The molecule has 1 rings (SSSR count). The molecule has 2 N–H and O–H groups in total. The normalized spacial score (nSPS) is 9.76. The van der Waals surface area contributed by atoms with Gasteiger partial charge in [-0.2, -0.15) is 0 Å². The molecule has 0 aliphatic heterocycles. The number of aromatic carboxylic acids is 1. The minimum atomic E-state index is -1.11. The van der Waals surface area contributed by atoms with Crippen molar-refractivity contribution in [2.24, 2.45) is 0 Å². The van der Waals surface area contributed by atoms with Crippen molar-refractivity contribution in [1.82, 2.24) is 15.3 Å². The molecule has 0 radical (unpaired) electrons. The van der Waals surface area contributed by atoms with Crippen LogP contribution in [0.25, 0.3) is 0 Å². The molecule has 0 unspecified atom stereocenters. The lowest BCUT2D eigenvalue weighted by Gasteiger charge is -2.16. The summed E-state index contributed by atoms with van der Waals surface area (Å²) in [7, 11) is 3.33. The molecule has 17 heavy (non-hydrogen) atoms. The maximum atomic E-state index is 11.0. The maximum absolute atomic E-state index is 11.0. The number of carbonyl (C=O) groups excluding carboxylic acids is 1. The fraction of sp³-hybridized carbons (Fsp3) is 0.400. The summed E-state index contributed by atoms with van der Waals surface area (Å²) in [6.45, 7) is 0.487. The molecule has 0 atom stereocenters. The standard InChI is InChI=1S/C10H14N4O3/c1-11-9(15)3-4-14(2)8-6-12-7(5-13-8)10(16)17/h5-6H,3-4H2,1-2H3,(H,11,15)(H,16,17). The van der Waals surface area contributed by atoms with Gasteiger partial charge in [0.05, 0.1) is 12.4 Å².